The van der Waals surface area contributed by atoms with Crippen molar-refractivity contribution in [3.63, 3.8) is 0 Å². The normalized spacial score (nSPS) is 11.7. The van der Waals surface area contributed by atoms with Crippen LogP contribution in [0.5, 0.6) is 5.75 Å². The van der Waals surface area contributed by atoms with Gasteiger partial charge in [-0.25, -0.2) is 0 Å². The number of halogens is 1. The van der Waals surface area contributed by atoms with E-state index < -0.39 is 10.1 Å². The molecular weight excluding hydrogens is 426 g/mol. The molecule has 0 aromatic heterocycles. The molecule has 0 aliphatic rings. The van der Waals surface area contributed by atoms with E-state index in [1.807, 2.05) is 32.0 Å². The molecule has 0 amide bonds. The average Bonchev–Trinajstić information content (AvgIpc) is 2.65. The van der Waals surface area contributed by atoms with Gasteiger partial charge in [0.1, 0.15) is 4.90 Å². The van der Waals surface area contributed by atoms with Crippen LogP contribution in [0.15, 0.2) is 81.1 Å². The zero-order valence-corrected chi connectivity index (χ0v) is 17.3. The molecule has 0 heterocycles. The highest BCUT2D eigenvalue weighted by Gasteiger charge is 2.17. The first-order valence-corrected chi connectivity index (χ1v) is 10.5. The summed E-state index contributed by atoms with van der Waals surface area (Å²) >= 11 is 3.37. The Hall–Kier alpha value is -2.44. The molecule has 0 unspecified atom stereocenters. The maximum absolute atomic E-state index is 12.3. The molecule has 3 aromatic carbocycles. The maximum Gasteiger partial charge on any atom is 0.339 e. The summed E-state index contributed by atoms with van der Waals surface area (Å²) in [4.78, 5) is 4.63. The SMILES string of the molecule is Cc1ccc(C)c(N=Cc2ccc(OS(=O)(=O)c3ccccc3)c(Br)c2)c1. The lowest BCUT2D eigenvalue weighted by atomic mass is 10.1. The van der Waals surface area contributed by atoms with Crippen molar-refractivity contribution in [1.29, 1.82) is 0 Å². The van der Waals surface area contributed by atoms with E-state index in [0.717, 1.165) is 22.4 Å². The molecular formula is C21H18BrNO3S. The smallest absolute Gasteiger partial charge is 0.339 e. The van der Waals surface area contributed by atoms with Gasteiger partial charge in [0.15, 0.2) is 5.75 Å². The number of hydrogen-bond acceptors (Lipinski definition) is 4. The fourth-order valence-electron chi connectivity index (χ4n) is 2.42. The molecule has 27 heavy (non-hydrogen) atoms. The van der Waals surface area contributed by atoms with E-state index in [2.05, 4.69) is 20.9 Å². The molecule has 4 nitrogen and oxygen atoms in total. The molecule has 0 saturated heterocycles. The van der Waals surface area contributed by atoms with Crippen LogP contribution in [0.1, 0.15) is 16.7 Å². The molecule has 0 radical (unpaired) electrons. The molecule has 0 N–H and O–H groups in total. The Bertz CT molecular complexity index is 1090. The maximum atomic E-state index is 12.3. The van der Waals surface area contributed by atoms with Gasteiger partial charge in [0.2, 0.25) is 0 Å². The molecule has 0 aliphatic heterocycles. The number of benzene rings is 3. The third kappa shape index (κ3) is 4.84. The van der Waals surface area contributed by atoms with Crippen LogP contribution in [0.25, 0.3) is 0 Å². The van der Waals surface area contributed by atoms with E-state index >= 15 is 0 Å². The zero-order valence-electron chi connectivity index (χ0n) is 14.9. The molecule has 3 aromatic rings. The van der Waals surface area contributed by atoms with Crippen molar-refractivity contribution in [2.45, 2.75) is 18.7 Å². The van der Waals surface area contributed by atoms with Crippen LogP contribution in [0.3, 0.4) is 0 Å². The summed E-state index contributed by atoms with van der Waals surface area (Å²) in [5.74, 6) is 0.225. The van der Waals surface area contributed by atoms with Gasteiger partial charge in [-0.1, -0.05) is 30.3 Å². The molecule has 0 saturated carbocycles. The predicted octanol–water partition coefficient (Wildman–Crippen LogP) is 5.58. The van der Waals surface area contributed by atoms with Crippen LogP contribution in [0.4, 0.5) is 5.69 Å². The Morgan fingerprint density at radius 1 is 0.963 bits per heavy atom. The summed E-state index contributed by atoms with van der Waals surface area (Å²) in [5, 5.41) is 0. The lowest BCUT2D eigenvalue weighted by molar-refractivity contribution is 0.484. The third-order valence-electron chi connectivity index (χ3n) is 3.90. The summed E-state index contributed by atoms with van der Waals surface area (Å²) in [6.07, 6.45) is 1.74. The molecule has 3 rings (SSSR count). The first-order valence-electron chi connectivity index (χ1n) is 8.25. The molecule has 0 bridgehead atoms. The van der Waals surface area contributed by atoms with Crippen LogP contribution in [-0.2, 0) is 10.1 Å². The number of aliphatic imine (C=N–C) groups is 1. The summed E-state index contributed by atoms with van der Waals surface area (Å²) < 4.78 is 30.5. The van der Waals surface area contributed by atoms with Gasteiger partial charge in [0, 0.05) is 6.21 Å². The molecule has 138 valence electrons. The average molecular weight is 444 g/mol. The quantitative estimate of drug-likeness (QED) is 0.381. The minimum absolute atomic E-state index is 0.109. The van der Waals surface area contributed by atoms with Gasteiger partial charge in [-0.3, -0.25) is 4.99 Å². The van der Waals surface area contributed by atoms with Crippen LogP contribution >= 0.6 is 15.9 Å². The number of rotatable bonds is 5. The van der Waals surface area contributed by atoms with E-state index in [1.54, 1.807) is 42.6 Å². The fourth-order valence-corrected chi connectivity index (χ4v) is 3.97. The van der Waals surface area contributed by atoms with E-state index in [1.165, 1.54) is 12.1 Å². The van der Waals surface area contributed by atoms with E-state index in [9.17, 15) is 8.42 Å². The summed E-state index contributed by atoms with van der Waals surface area (Å²) in [6.45, 7) is 4.03. The van der Waals surface area contributed by atoms with Crippen molar-refractivity contribution < 1.29 is 12.6 Å². The van der Waals surface area contributed by atoms with Crippen molar-refractivity contribution in [2.75, 3.05) is 0 Å². The third-order valence-corrected chi connectivity index (χ3v) is 5.77. The minimum Gasteiger partial charge on any atom is -0.378 e. The van der Waals surface area contributed by atoms with Gasteiger partial charge < -0.3 is 4.18 Å². The fraction of sp³-hybridized carbons (Fsp3) is 0.0952. The van der Waals surface area contributed by atoms with Crippen LogP contribution < -0.4 is 4.18 Å². The monoisotopic (exact) mass is 443 g/mol. The van der Waals surface area contributed by atoms with Gasteiger partial charge >= 0.3 is 10.1 Å². The standard InChI is InChI=1S/C21H18BrNO3S/c1-15-8-9-16(2)20(12-15)23-14-17-10-11-21(19(22)13-17)26-27(24,25)18-6-4-3-5-7-18/h3-14H,1-2H3. The van der Waals surface area contributed by atoms with Crippen molar-refractivity contribution in [1.82, 2.24) is 0 Å². The van der Waals surface area contributed by atoms with Crippen molar-refractivity contribution >= 4 is 38.0 Å². The molecule has 0 fully saturated rings. The molecule has 0 spiro atoms. The second-order valence-corrected chi connectivity index (χ2v) is 8.49. The number of aryl methyl sites for hydroxylation is 2. The highest BCUT2D eigenvalue weighted by atomic mass is 79.9. The van der Waals surface area contributed by atoms with Crippen LogP contribution in [-0.4, -0.2) is 14.6 Å². The Labute approximate surface area is 167 Å². The van der Waals surface area contributed by atoms with Gasteiger partial charge in [0.05, 0.1) is 10.2 Å². The van der Waals surface area contributed by atoms with Crippen molar-refractivity contribution in [3.05, 3.63) is 87.9 Å². The summed E-state index contributed by atoms with van der Waals surface area (Å²) in [7, 11) is -3.88. The van der Waals surface area contributed by atoms with Crippen molar-refractivity contribution in [3.8, 4) is 5.75 Å². The second-order valence-electron chi connectivity index (χ2n) is 6.09. The first kappa shape index (κ1) is 19.3. The highest BCUT2D eigenvalue weighted by molar-refractivity contribution is 9.10. The number of nitrogens with zero attached hydrogens (tertiary/aromatic N) is 1. The molecule has 0 atom stereocenters. The highest BCUT2D eigenvalue weighted by Crippen LogP contribution is 2.29. The topological polar surface area (TPSA) is 55.7 Å². The summed E-state index contributed by atoms with van der Waals surface area (Å²) in [5.41, 5.74) is 3.96. The summed E-state index contributed by atoms with van der Waals surface area (Å²) in [6, 6.07) is 19.3. The van der Waals surface area contributed by atoms with Gasteiger partial charge in [0.25, 0.3) is 0 Å². The van der Waals surface area contributed by atoms with Crippen molar-refractivity contribution in [2.24, 2.45) is 4.99 Å². The van der Waals surface area contributed by atoms with E-state index in [-0.39, 0.29) is 10.6 Å². The minimum atomic E-state index is -3.88. The van der Waals surface area contributed by atoms with E-state index in [0.29, 0.717) is 4.47 Å². The molecule has 0 aliphatic carbocycles. The Kier molecular flexibility index (Phi) is 5.77. The van der Waals surface area contributed by atoms with Gasteiger partial charge in [-0.05, 0) is 82.9 Å². The van der Waals surface area contributed by atoms with E-state index in [4.69, 9.17) is 4.18 Å². The predicted molar refractivity (Wildman–Crippen MR) is 112 cm³/mol. The molecule has 6 heteroatoms. The second kappa shape index (κ2) is 8.06. The van der Waals surface area contributed by atoms with Crippen LogP contribution in [0.2, 0.25) is 0 Å². The Morgan fingerprint density at radius 2 is 1.70 bits per heavy atom. The largest absolute Gasteiger partial charge is 0.378 e. The lowest BCUT2D eigenvalue weighted by Crippen LogP contribution is -2.09. The first-order chi connectivity index (χ1) is 12.8. The Morgan fingerprint density at radius 3 is 2.41 bits per heavy atom. The zero-order chi connectivity index (χ0) is 19.4. The Balaban J connectivity index is 1.82. The lowest BCUT2D eigenvalue weighted by Gasteiger charge is -2.09. The van der Waals surface area contributed by atoms with Gasteiger partial charge in [-0.15, -0.1) is 0 Å². The number of hydrogen-bond donors (Lipinski definition) is 0. The van der Waals surface area contributed by atoms with Gasteiger partial charge in [-0.2, -0.15) is 8.42 Å². The van der Waals surface area contributed by atoms with Crippen LogP contribution in [0, 0.1) is 13.8 Å².